The van der Waals surface area contributed by atoms with Crippen LogP contribution >= 0.6 is 44.1 Å². The van der Waals surface area contributed by atoms with Crippen molar-refractivity contribution in [1.29, 1.82) is 0 Å². The highest BCUT2D eigenvalue weighted by atomic mass is 79.9. The van der Waals surface area contributed by atoms with Crippen molar-refractivity contribution in [2.75, 3.05) is 0 Å². The standard InChI is InChI=1S/C11H10Br2N2OS/c1-11-4-8(14-10(17)15-11)6-2-5(12)3-7(13)9(6)16-11/h2-3,8H,4H2,1H3,(H2,14,15,17). The van der Waals surface area contributed by atoms with Gasteiger partial charge in [0.1, 0.15) is 5.75 Å². The van der Waals surface area contributed by atoms with Crippen molar-refractivity contribution >= 4 is 49.2 Å². The summed E-state index contributed by atoms with van der Waals surface area (Å²) in [6.07, 6.45) is 0.850. The van der Waals surface area contributed by atoms with Crippen LogP contribution in [0.4, 0.5) is 0 Å². The maximum Gasteiger partial charge on any atom is 0.181 e. The fourth-order valence-electron chi connectivity index (χ4n) is 2.35. The van der Waals surface area contributed by atoms with E-state index >= 15 is 0 Å². The summed E-state index contributed by atoms with van der Waals surface area (Å²) < 4.78 is 8.02. The molecule has 0 amide bonds. The summed E-state index contributed by atoms with van der Waals surface area (Å²) in [6.45, 7) is 2.02. The molecular formula is C11H10Br2N2OS. The minimum Gasteiger partial charge on any atom is -0.467 e. The highest BCUT2D eigenvalue weighted by Gasteiger charge is 2.42. The quantitative estimate of drug-likeness (QED) is 0.680. The van der Waals surface area contributed by atoms with Gasteiger partial charge in [-0.2, -0.15) is 0 Å². The van der Waals surface area contributed by atoms with Gasteiger partial charge in [0.15, 0.2) is 10.8 Å². The van der Waals surface area contributed by atoms with Crippen LogP contribution < -0.4 is 15.4 Å². The normalized spacial score (nSPS) is 29.8. The maximum atomic E-state index is 6.04. The van der Waals surface area contributed by atoms with E-state index in [4.69, 9.17) is 17.0 Å². The molecule has 6 heteroatoms. The Balaban J connectivity index is 2.16. The molecule has 2 heterocycles. The third kappa shape index (κ3) is 1.96. The van der Waals surface area contributed by atoms with E-state index < -0.39 is 5.72 Å². The van der Waals surface area contributed by atoms with E-state index in [1.807, 2.05) is 13.0 Å². The van der Waals surface area contributed by atoms with Gasteiger partial charge in [0.2, 0.25) is 0 Å². The lowest BCUT2D eigenvalue weighted by atomic mass is 9.92. The molecule has 2 N–H and O–H groups in total. The predicted molar refractivity (Wildman–Crippen MR) is 77.1 cm³/mol. The van der Waals surface area contributed by atoms with Crippen LogP contribution in [0, 0.1) is 0 Å². The van der Waals surface area contributed by atoms with E-state index in [0.29, 0.717) is 5.11 Å². The van der Waals surface area contributed by atoms with E-state index in [0.717, 1.165) is 26.7 Å². The van der Waals surface area contributed by atoms with Crippen molar-refractivity contribution in [3.8, 4) is 5.75 Å². The predicted octanol–water partition coefficient (Wildman–Crippen LogP) is 3.23. The molecule has 0 aliphatic carbocycles. The van der Waals surface area contributed by atoms with Crippen molar-refractivity contribution in [3.05, 3.63) is 26.6 Å². The number of fused-ring (bicyclic) bond motifs is 4. The first-order chi connectivity index (χ1) is 7.97. The zero-order valence-electron chi connectivity index (χ0n) is 9.01. The Bertz CT molecular complexity index is 522. The van der Waals surface area contributed by atoms with Crippen LogP contribution in [0.25, 0.3) is 0 Å². The monoisotopic (exact) mass is 376 g/mol. The summed E-state index contributed by atoms with van der Waals surface area (Å²) in [5.41, 5.74) is 0.712. The van der Waals surface area contributed by atoms with Gasteiger partial charge in [0.25, 0.3) is 0 Å². The van der Waals surface area contributed by atoms with Crippen LogP contribution in [0.3, 0.4) is 0 Å². The van der Waals surface area contributed by atoms with E-state index in [2.05, 4.69) is 48.6 Å². The van der Waals surface area contributed by atoms with Gasteiger partial charge < -0.3 is 15.4 Å². The van der Waals surface area contributed by atoms with Gasteiger partial charge in [0, 0.05) is 16.5 Å². The number of rotatable bonds is 0. The number of benzene rings is 1. The summed E-state index contributed by atoms with van der Waals surface area (Å²) in [5, 5.41) is 7.10. The van der Waals surface area contributed by atoms with E-state index in [9.17, 15) is 0 Å². The average molecular weight is 378 g/mol. The summed E-state index contributed by atoms with van der Waals surface area (Å²) in [7, 11) is 0. The molecule has 0 saturated carbocycles. The number of nitrogens with one attached hydrogen (secondary N) is 2. The summed E-state index contributed by atoms with van der Waals surface area (Å²) in [6, 6.07) is 4.26. The van der Waals surface area contributed by atoms with Gasteiger partial charge >= 0.3 is 0 Å². The largest absolute Gasteiger partial charge is 0.467 e. The van der Waals surface area contributed by atoms with Crippen LogP contribution in [0.2, 0.25) is 0 Å². The first-order valence-corrected chi connectivity index (χ1v) is 7.23. The molecule has 1 fully saturated rings. The minimum atomic E-state index is -0.420. The van der Waals surface area contributed by atoms with Gasteiger partial charge in [-0.1, -0.05) is 15.9 Å². The second-order valence-electron chi connectivity index (χ2n) is 4.49. The number of ether oxygens (including phenoxy) is 1. The molecule has 1 saturated heterocycles. The molecule has 2 unspecified atom stereocenters. The Kier molecular flexibility index (Phi) is 2.65. The van der Waals surface area contributed by atoms with Gasteiger partial charge in [0.05, 0.1) is 10.5 Å². The van der Waals surface area contributed by atoms with Crippen LogP contribution in [-0.2, 0) is 0 Å². The van der Waals surface area contributed by atoms with E-state index in [1.54, 1.807) is 0 Å². The Labute approximate surface area is 122 Å². The Morgan fingerprint density at radius 2 is 2.24 bits per heavy atom. The molecule has 2 aliphatic heterocycles. The zero-order valence-corrected chi connectivity index (χ0v) is 13.0. The van der Waals surface area contributed by atoms with Gasteiger partial charge in [-0.15, -0.1) is 0 Å². The number of hydrogen-bond donors (Lipinski definition) is 2. The molecule has 2 bridgehead atoms. The number of thiocarbonyl (C=S) groups is 1. The second-order valence-corrected chi connectivity index (χ2v) is 6.67. The molecule has 0 aromatic heterocycles. The van der Waals surface area contributed by atoms with Crippen molar-refractivity contribution in [2.45, 2.75) is 25.1 Å². The van der Waals surface area contributed by atoms with Crippen molar-refractivity contribution < 1.29 is 4.74 Å². The third-order valence-corrected chi connectivity index (χ3v) is 4.28. The summed E-state index contributed by atoms with van der Waals surface area (Å²) in [4.78, 5) is 0. The van der Waals surface area contributed by atoms with Crippen molar-refractivity contribution in [2.24, 2.45) is 0 Å². The molecule has 17 heavy (non-hydrogen) atoms. The molecule has 0 spiro atoms. The first-order valence-electron chi connectivity index (χ1n) is 5.23. The van der Waals surface area contributed by atoms with Crippen LogP contribution in [0.1, 0.15) is 24.9 Å². The maximum absolute atomic E-state index is 6.04. The zero-order chi connectivity index (χ0) is 12.2. The molecule has 1 aromatic carbocycles. The lowest BCUT2D eigenvalue weighted by molar-refractivity contribution is 0.0242. The smallest absolute Gasteiger partial charge is 0.181 e. The van der Waals surface area contributed by atoms with Gasteiger partial charge in [-0.3, -0.25) is 0 Å². The summed E-state index contributed by atoms with van der Waals surface area (Å²) in [5.74, 6) is 0.884. The van der Waals surface area contributed by atoms with Crippen LogP contribution in [0.15, 0.2) is 21.1 Å². The van der Waals surface area contributed by atoms with Crippen molar-refractivity contribution in [3.63, 3.8) is 0 Å². The Hall–Kier alpha value is -0.330. The van der Waals surface area contributed by atoms with Crippen molar-refractivity contribution in [1.82, 2.24) is 10.6 Å². The third-order valence-electron chi connectivity index (χ3n) is 3.02. The van der Waals surface area contributed by atoms with Crippen LogP contribution in [0.5, 0.6) is 5.75 Å². The lowest BCUT2D eigenvalue weighted by Crippen LogP contribution is -2.62. The molecule has 2 atom stereocenters. The Morgan fingerprint density at radius 3 is 3.00 bits per heavy atom. The van der Waals surface area contributed by atoms with Crippen LogP contribution in [-0.4, -0.2) is 10.8 Å². The summed E-state index contributed by atoms with van der Waals surface area (Å²) >= 11 is 12.2. The highest BCUT2D eigenvalue weighted by molar-refractivity contribution is 9.11. The van der Waals surface area contributed by atoms with Gasteiger partial charge in [-0.25, -0.2) is 0 Å². The fourth-order valence-corrected chi connectivity index (χ4v) is 4.05. The molecule has 3 nitrogen and oxygen atoms in total. The highest BCUT2D eigenvalue weighted by Crippen LogP contribution is 2.45. The minimum absolute atomic E-state index is 0.200. The second kappa shape index (κ2) is 3.83. The SMILES string of the molecule is CC12CC(NC(=S)N1)c1cc(Br)cc(Br)c1O2. The average Bonchev–Trinajstić information content (AvgIpc) is 2.19. The van der Waals surface area contributed by atoms with E-state index in [-0.39, 0.29) is 6.04 Å². The lowest BCUT2D eigenvalue weighted by Gasteiger charge is -2.46. The first kappa shape index (κ1) is 11.7. The Morgan fingerprint density at radius 1 is 1.47 bits per heavy atom. The molecule has 90 valence electrons. The molecular weight excluding hydrogens is 368 g/mol. The fraction of sp³-hybridized carbons (Fsp3) is 0.364. The van der Waals surface area contributed by atoms with E-state index in [1.165, 1.54) is 0 Å². The molecule has 2 aliphatic rings. The molecule has 3 rings (SSSR count). The topological polar surface area (TPSA) is 33.3 Å². The van der Waals surface area contributed by atoms with Gasteiger partial charge in [-0.05, 0) is 47.2 Å². The molecule has 0 radical (unpaired) electrons. The number of hydrogen-bond acceptors (Lipinski definition) is 2. The number of halogens is 2. The molecule has 1 aromatic rings.